The van der Waals surface area contributed by atoms with Gasteiger partial charge in [0.2, 0.25) is 0 Å². The van der Waals surface area contributed by atoms with E-state index in [-0.39, 0.29) is 37.5 Å². The number of ether oxygens (including phenoxy) is 3. The molecule has 0 radical (unpaired) electrons. The molecule has 6 nitrogen and oxygen atoms in total. The Hall–Kier alpha value is -2.89. The number of rotatable bonds is 40. The minimum absolute atomic E-state index is 0.0941. The Bertz CT molecular complexity index is 1020. The van der Waals surface area contributed by atoms with Gasteiger partial charge in [0, 0.05) is 19.3 Å². The van der Waals surface area contributed by atoms with Crippen molar-refractivity contribution in [2.45, 2.75) is 219 Å². The maximum absolute atomic E-state index is 12.7. The van der Waals surface area contributed by atoms with Crippen LogP contribution in [0, 0.1) is 0 Å². The summed E-state index contributed by atoms with van der Waals surface area (Å²) in [5.41, 5.74) is 0. The van der Waals surface area contributed by atoms with Gasteiger partial charge in [-0.2, -0.15) is 0 Å². The minimum Gasteiger partial charge on any atom is -0.462 e. The van der Waals surface area contributed by atoms with Gasteiger partial charge in [-0.3, -0.25) is 14.4 Å². The van der Waals surface area contributed by atoms with E-state index in [1.807, 2.05) is 0 Å². The number of carbonyl (C=O) groups is 3. The molecule has 1 atom stereocenters. The van der Waals surface area contributed by atoms with Crippen molar-refractivity contribution in [1.82, 2.24) is 0 Å². The van der Waals surface area contributed by atoms with Crippen LogP contribution in [0.3, 0.4) is 0 Å². The largest absolute Gasteiger partial charge is 0.462 e. The van der Waals surface area contributed by atoms with Gasteiger partial charge >= 0.3 is 17.9 Å². The van der Waals surface area contributed by atoms with Crippen LogP contribution in [0.5, 0.6) is 0 Å². The molecule has 0 saturated carbocycles. The Kier molecular flexibility index (Phi) is 41.5. The van der Waals surface area contributed by atoms with Gasteiger partial charge in [0.25, 0.3) is 0 Å². The lowest BCUT2D eigenvalue weighted by Gasteiger charge is -2.18. The first-order valence-corrected chi connectivity index (χ1v) is 22.8. The van der Waals surface area contributed by atoms with E-state index in [0.29, 0.717) is 19.3 Å². The van der Waals surface area contributed by atoms with E-state index < -0.39 is 6.10 Å². The van der Waals surface area contributed by atoms with Crippen molar-refractivity contribution in [3.8, 4) is 0 Å². The topological polar surface area (TPSA) is 78.9 Å². The van der Waals surface area contributed by atoms with E-state index >= 15 is 0 Å². The SMILES string of the molecule is CC/C=C\C/C=C\C/C=C\C/C=C\CCCCC(=O)OC(COC(=O)CCCCCCCC)COC(=O)CCCCCCC/C=C\CCCCCCCCC. The van der Waals surface area contributed by atoms with Crippen molar-refractivity contribution in [2.24, 2.45) is 0 Å². The lowest BCUT2D eigenvalue weighted by atomic mass is 10.1. The molecule has 0 N–H and O–H groups in total. The maximum atomic E-state index is 12.7. The first-order valence-electron chi connectivity index (χ1n) is 22.8. The molecule has 0 spiro atoms. The fourth-order valence-corrected chi connectivity index (χ4v) is 6.07. The second-order valence-corrected chi connectivity index (χ2v) is 14.9. The van der Waals surface area contributed by atoms with Crippen LogP contribution in [0.15, 0.2) is 60.8 Å². The van der Waals surface area contributed by atoms with Gasteiger partial charge in [-0.25, -0.2) is 0 Å². The van der Waals surface area contributed by atoms with Crippen LogP contribution in [0.4, 0.5) is 0 Å². The molecular weight excluding hydrogens is 685 g/mol. The monoisotopic (exact) mass is 769 g/mol. The summed E-state index contributed by atoms with van der Waals surface area (Å²) in [4.78, 5) is 37.5. The highest BCUT2D eigenvalue weighted by atomic mass is 16.6. The minimum atomic E-state index is -0.793. The molecule has 1 unspecified atom stereocenters. The highest BCUT2D eigenvalue weighted by Gasteiger charge is 2.19. The molecule has 6 heteroatoms. The maximum Gasteiger partial charge on any atom is 0.306 e. The fraction of sp³-hybridized carbons (Fsp3) is 0.735. The quantitative estimate of drug-likeness (QED) is 0.0267. The van der Waals surface area contributed by atoms with Crippen LogP contribution in [-0.4, -0.2) is 37.2 Å². The molecule has 55 heavy (non-hydrogen) atoms. The zero-order valence-corrected chi connectivity index (χ0v) is 35.9. The van der Waals surface area contributed by atoms with Crippen LogP contribution in [0.2, 0.25) is 0 Å². The third-order valence-corrected chi connectivity index (χ3v) is 9.51. The van der Waals surface area contributed by atoms with Crippen molar-refractivity contribution in [3.05, 3.63) is 60.8 Å². The number of esters is 3. The Morgan fingerprint density at radius 1 is 0.382 bits per heavy atom. The van der Waals surface area contributed by atoms with Crippen molar-refractivity contribution in [2.75, 3.05) is 13.2 Å². The number of hydrogen-bond acceptors (Lipinski definition) is 6. The van der Waals surface area contributed by atoms with Crippen molar-refractivity contribution >= 4 is 17.9 Å². The summed E-state index contributed by atoms with van der Waals surface area (Å²) < 4.78 is 16.6. The molecule has 0 aromatic carbocycles. The van der Waals surface area contributed by atoms with Crippen molar-refractivity contribution < 1.29 is 28.6 Å². The van der Waals surface area contributed by atoms with Crippen LogP contribution < -0.4 is 0 Å². The molecule has 0 fully saturated rings. The molecule has 0 rings (SSSR count). The molecule has 0 saturated heterocycles. The number of hydrogen-bond donors (Lipinski definition) is 0. The number of unbranched alkanes of at least 4 members (excludes halogenated alkanes) is 19. The van der Waals surface area contributed by atoms with Crippen LogP contribution in [-0.2, 0) is 28.6 Å². The predicted octanol–water partition coefficient (Wildman–Crippen LogP) is 14.5. The lowest BCUT2D eigenvalue weighted by Crippen LogP contribution is -2.30. The Balaban J connectivity index is 4.35. The smallest absolute Gasteiger partial charge is 0.306 e. The second kappa shape index (κ2) is 43.8. The molecule has 0 aliphatic heterocycles. The molecule has 0 heterocycles. The Morgan fingerprint density at radius 2 is 0.709 bits per heavy atom. The van der Waals surface area contributed by atoms with Gasteiger partial charge < -0.3 is 14.2 Å². The summed E-state index contributed by atoms with van der Waals surface area (Å²) in [6.45, 7) is 6.40. The van der Waals surface area contributed by atoms with E-state index in [1.165, 1.54) is 83.5 Å². The third-order valence-electron chi connectivity index (χ3n) is 9.51. The Morgan fingerprint density at radius 3 is 1.16 bits per heavy atom. The zero-order valence-electron chi connectivity index (χ0n) is 35.9. The van der Waals surface area contributed by atoms with Crippen molar-refractivity contribution in [3.63, 3.8) is 0 Å². The van der Waals surface area contributed by atoms with E-state index in [1.54, 1.807) is 0 Å². The standard InChI is InChI=1S/C49H84O6/c1-4-7-10-13-16-18-20-22-24-26-27-29-31-33-36-39-42-48(51)54-45-46(44-53-47(50)41-38-35-15-12-9-6-3)55-49(52)43-40-37-34-32-30-28-25-23-21-19-17-14-11-8-5-2/h8,11,17,19,23-26,30,32,46H,4-7,9-10,12-16,18,20-22,27-29,31,33-45H2,1-3H3/b11-8-,19-17-,25-23-,26-24-,32-30-. The molecule has 0 bridgehead atoms. The van der Waals surface area contributed by atoms with Gasteiger partial charge in [0.05, 0.1) is 0 Å². The van der Waals surface area contributed by atoms with Crippen LogP contribution in [0.25, 0.3) is 0 Å². The average Bonchev–Trinajstić information content (AvgIpc) is 3.18. The summed E-state index contributed by atoms with van der Waals surface area (Å²) in [6, 6.07) is 0. The van der Waals surface area contributed by atoms with Gasteiger partial charge in [-0.15, -0.1) is 0 Å². The first kappa shape index (κ1) is 52.1. The molecule has 316 valence electrons. The van der Waals surface area contributed by atoms with Gasteiger partial charge in [-0.05, 0) is 83.5 Å². The van der Waals surface area contributed by atoms with E-state index in [9.17, 15) is 14.4 Å². The summed E-state index contributed by atoms with van der Waals surface area (Å²) in [6.07, 6.45) is 52.3. The molecule has 0 aromatic heterocycles. The van der Waals surface area contributed by atoms with E-state index in [0.717, 1.165) is 83.5 Å². The Labute approximate surface area is 339 Å². The summed E-state index contributed by atoms with van der Waals surface area (Å²) in [5, 5.41) is 0. The van der Waals surface area contributed by atoms with Gasteiger partial charge in [0.15, 0.2) is 6.10 Å². The summed E-state index contributed by atoms with van der Waals surface area (Å²) in [5.74, 6) is -0.957. The van der Waals surface area contributed by atoms with Gasteiger partial charge in [-0.1, -0.05) is 171 Å². The zero-order chi connectivity index (χ0) is 40.1. The number of carbonyl (C=O) groups excluding carboxylic acids is 3. The average molecular weight is 769 g/mol. The molecule has 0 amide bonds. The highest BCUT2D eigenvalue weighted by molar-refractivity contribution is 5.71. The normalized spacial score (nSPS) is 12.6. The fourth-order valence-electron chi connectivity index (χ4n) is 6.07. The molecule has 0 aliphatic rings. The molecular formula is C49H84O6. The summed E-state index contributed by atoms with van der Waals surface area (Å²) >= 11 is 0. The van der Waals surface area contributed by atoms with Gasteiger partial charge in [0.1, 0.15) is 13.2 Å². The van der Waals surface area contributed by atoms with E-state index in [2.05, 4.69) is 81.5 Å². The number of allylic oxidation sites excluding steroid dienone is 10. The first-order chi connectivity index (χ1) is 27.0. The van der Waals surface area contributed by atoms with Crippen LogP contribution in [0.1, 0.15) is 213 Å². The highest BCUT2D eigenvalue weighted by Crippen LogP contribution is 2.13. The summed E-state index contributed by atoms with van der Waals surface area (Å²) in [7, 11) is 0. The second-order valence-electron chi connectivity index (χ2n) is 14.9. The lowest BCUT2D eigenvalue weighted by molar-refractivity contribution is -0.167. The third kappa shape index (κ3) is 42.1. The molecule has 0 aromatic rings. The van der Waals surface area contributed by atoms with Crippen LogP contribution >= 0.6 is 0 Å². The van der Waals surface area contributed by atoms with Crippen molar-refractivity contribution in [1.29, 1.82) is 0 Å². The van der Waals surface area contributed by atoms with E-state index in [4.69, 9.17) is 14.2 Å². The predicted molar refractivity (Wildman–Crippen MR) is 233 cm³/mol. The molecule has 0 aliphatic carbocycles.